The van der Waals surface area contributed by atoms with Crippen molar-refractivity contribution in [2.75, 3.05) is 0 Å². The van der Waals surface area contributed by atoms with Crippen molar-refractivity contribution in [1.29, 1.82) is 5.26 Å². The molecule has 0 bridgehead atoms. The van der Waals surface area contributed by atoms with Gasteiger partial charge in [-0.05, 0) is 12.5 Å². The van der Waals surface area contributed by atoms with Gasteiger partial charge in [-0.15, -0.1) is 0 Å². The Bertz CT molecular complexity index is 872. The van der Waals surface area contributed by atoms with Gasteiger partial charge in [0.2, 0.25) is 0 Å². The summed E-state index contributed by atoms with van der Waals surface area (Å²) in [5.74, 6) is 0. The Labute approximate surface area is 124 Å². The standard InChI is InChI=1S/C14H12N4O4/c1-2-16-9-11(7-15)13(19)17(14(16)20)8-10-3-5-12(6-4-10)18(21)22/h3-6,9H,2,8H2,1H3. The maximum Gasteiger partial charge on any atom is 0.331 e. The number of benzene rings is 1. The molecule has 1 aromatic heterocycles. The average Bonchev–Trinajstić information content (AvgIpc) is 2.52. The minimum atomic E-state index is -0.671. The van der Waals surface area contributed by atoms with Crippen LogP contribution >= 0.6 is 0 Å². The van der Waals surface area contributed by atoms with E-state index in [0.29, 0.717) is 12.1 Å². The number of aromatic nitrogens is 2. The fourth-order valence-electron chi connectivity index (χ4n) is 2.00. The quantitative estimate of drug-likeness (QED) is 0.614. The molecule has 1 aromatic carbocycles. The zero-order chi connectivity index (χ0) is 16.3. The molecule has 0 saturated carbocycles. The molecule has 0 radical (unpaired) electrons. The molecule has 22 heavy (non-hydrogen) atoms. The van der Waals surface area contributed by atoms with Gasteiger partial charge in [0, 0.05) is 24.9 Å². The molecule has 0 aliphatic heterocycles. The van der Waals surface area contributed by atoms with Crippen LogP contribution in [0, 0.1) is 21.4 Å². The first-order valence-corrected chi connectivity index (χ1v) is 6.45. The number of aryl methyl sites for hydroxylation is 1. The zero-order valence-electron chi connectivity index (χ0n) is 11.7. The van der Waals surface area contributed by atoms with Gasteiger partial charge in [-0.2, -0.15) is 5.26 Å². The summed E-state index contributed by atoms with van der Waals surface area (Å²) in [5, 5.41) is 19.6. The van der Waals surface area contributed by atoms with E-state index < -0.39 is 16.2 Å². The van der Waals surface area contributed by atoms with Crippen molar-refractivity contribution in [3.05, 3.63) is 72.5 Å². The number of nitrogens with zero attached hydrogens (tertiary/aromatic N) is 4. The topological polar surface area (TPSA) is 111 Å². The molecule has 0 unspecified atom stereocenters. The van der Waals surface area contributed by atoms with Crippen molar-refractivity contribution in [1.82, 2.24) is 9.13 Å². The molecule has 2 aromatic rings. The van der Waals surface area contributed by atoms with Crippen molar-refractivity contribution in [3.63, 3.8) is 0 Å². The van der Waals surface area contributed by atoms with Gasteiger partial charge < -0.3 is 0 Å². The van der Waals surface area contributed by atoms with Crippen molar-refractivity contribution in [2.45, 2.75) is 20.0 Å². The van der Waals surface area contributed by atoms with Gasteiger partial charge in [0.05, 0.1) is 11.5 Å². The highest BCUT2D eigenvalue weighted by atomic mass is 16.6. The maximum atomic E-state index is 12.2. The molecule has 0 aliphatic rings. The van der Waals surface area contributed by atoms with Gasteiger partial charge in [0.25, 0.3) is 11.2 Å². The van der Waals surface area contributed by atoms with E-state index in [1.54, 1.807) is 13.0 Å². The number of nitriles is 1. The van der Waals surface area contributed by atoms with Crippen LogP contribution < -0.4 is 11.2 Å². The molecule has 0 fully saturated rings. The number of non-ortho nitro benzene ring substituents is 1. The Morgan fingerprint density at radius 1 is 1.27 bits per heavy atom. The van der Waals surface area contributed by atoms with Crippen LogP contribution in [0.25, 0.3) is 0 Å². The molecule has 112 valence electrons. The first-order chi connectivity index (χ1) is 10.5. The van der Waals surface area contributed by atoms with E-state index in [1.165, 1.54) is 35.0 Å². The van der Waals surface area contributed by atoms with Gasteiger partial charge in [-0.3, -0.25) is 24.0 Å². The summed E-state index contributed by atoms with van der Waals surface area (Å²) in [6.07, 6.45) is 1.23. The van der Waals surface area contributed by atoms with E-state index in [9.17, 15) is 19.7 Å². The predicted octanol–water partition coefficient (Wildman–Crippen LogP) is 0.858. The highest BCUT2D eigenvalue weighted by Gasteiger charge is 2.12. The first-order valence-electron chi connectivity index (χ1n) is 6.45. The van der Waals surface area contributed by atoms with E-state index in [0.717, 1.165) is 4.57 Å². The third kappa shape index (κ3) is 2.78. The lowest BCUT2D eigenvalue weighted by molar-refractivity contribution is -0.384. The fourth-order valence-corrected chi connectivity index (χ4v) is 2.00. The Balaban J connectivity index is 2.49. The summed E-state index contributed by atoms with van der Waals surface area (Å²) in [6, 6.07) is 7.31. The van der Waals surface area contributed by atoms with Crippen LogP contribution in [0.1, 0.15) is 18.1 Å². The molecule has 0 aliphatic carbocycles. The van der Waals surface area contributed by atoms with Crippen LogP contribution in [-0.2, 0) is 13.1 Å². The number of hydrogen-bond acceptors (Lipinski definition) is 5. The number of nitro benzene ring substituents is 1. The molecule has 0 spiro atoms. The Hall–Kier alpha value is -3.21. The number of nitro groups is 1. The summed E-state index contributed by atoms with van der Waals surface area (Å²) in [5.41, 5.74) is -0.834. The lowest BCUT2D eigenvalue weighted by Gasteiger charge is -2.09. The van der Waals surface area contributed by atoms with Crippen molar-refractivity contribution < 1.29 is 4.92 Å². The molecular formula is C14H12N4O4. The second kappa shape index (κ2) is 6.05. The first kappa shape index (κ1) is 15.2. The van der Waals surface area contributed by atoms with Crippen LogP contribution in [0.15, 0.2) is 40.1 Å². The Kier molecular flexibility index (Phi) is 4.18. The number of hydrogen-bond donors (Lipinski definition) is 0. The van der Waals surface area contributed by atoms with Gasteiger partial charge in [0.1, 0.15) is 11.6 Å². The largest absolute Gasteiger partial charge is 0.331 e. The van der Waals surface area contributed by atoms with Gasteiger partial charge >= 0.3 is 5.69 Å². The van der Waals surface area contributed by atoms with E-state index in [4.69, 9.17) is 5.26 Å². The average molecular weight is 300 g/mol. The summed E-state index contributed by atoms with van der Waals surface area (Å²) < 4.78 is 2.22. The van der Waals surface area contributed by atoms with Gasteiger partial charge in [0.15, 0.2) is 0 Å². The molecule has 0 atom stereocenters. The minimum absolute atomic E-state index is 0.0504. The second-order valence-corrected chi connectivity index (χ2v) is 4.54. The van der Waals surface area contributed by atoms with Crippen LogP contribution in [-0.4, -0.2) is 14.1 Å². The van der Waals surface area contributed by atoms with E-state index in [2.05, 4.69) is 0 Å². The van der Waals surface area contributed by atoms with Crippen LogP contribution in [0.3, 0.4) is 0 Å². The van der Waals surface area contributed by atoms with E-state index in [1.807, 2.05) is 0 Å². The molecule has 0 saturated heterocycles. The molecule has 8 nitrogen and oxygen atoms in total. The SMILES string of the molecule is CCn1cc(C#N)c(=O)n(Cc2ccc([N+](=O)[O-])cc2)c1=O. The van der Waals surface area contributed by atoms with Crippen molar-refractivity contribution >= 4 is 5.69 Å². The van der Waals surface area contributed by atoms with Crippen molar-refractivity contribution in [2.24, 2.45) is 0 Å². The molecule has 0 N–H and O–H groups in total. The highest BCUT2D eigenvalue weighted by molar-refractivity contribution is 5.33. The fraction of sp³-hybridized carbons (Fsp3) is 0.214. The Morgan fingerprint density at radius 3 is 2.41 bits per heavy atom. The normalized spacial score (nSPS) is 10.2. The third-order valence-electron chi connectivity index (χ3n) is 3.19. The van der Waals surface area contributed by atoms with Crippen molar-refractivity contribution in [3.8, 4) is 6.07 Å². The summed E-state index contributed by atoms with van der Waals surface area (Å²) in [6.45, 7) is 2.00. The van der Waals surface area contributed by atoms with Crippen LogP contribution in [0.2, 0.25) is 0 Å². The van der Waals surface area contributed by atoms with Gasteiger partial charge in [-0.1, -0.05) is 12.1 Å². The maximum absolute atomic E-state index is 12.2. The molecule has 8 heteroatoms. The monoisotopic (exact) mass is 300 g/mol. The Morgan fingerprint density at radius 2 is 1.91 bits per heavy atom. The summed E-state index contributed by atoms with van der Waals surface area (Å²) in [7, 11) is 0. The lowest BCUT2D eigenvalue weighted by atomic mass is 10.2. The second-order valence-electron chi connectivity index (χ2n) is 4.54. The zero-order valence-corrected chi connectivity index (χ0v) is 11.7. The van der Waals surface area contributed by atoms with Crippen LogP contribution in [0.4, 0.5) is 5.69 Å². The van der Waals surface area contributed by atoms with E-state index in [-0.39, 0.29) is 17.8 Å². The molecule has 0 amide bonds. The highest BCUT2D eigenvalue weighted by Crippen LogP contribution is 2.12. The van der Waals surface area contributed by atoms with E-state index >= 15 is 0 Å². The minimum Gasteiger partial charge on any atom is -0.299 e. The molecule has 1 heterocycles. The van der Waals surface area contributed by atoms with Gasteiger partial charge in [-0.25, -0.2) is 4.79 Å². The predicted molar refractivity (Wildman–Crippen MR) is 77.5 cm³/mol. The molecule has 2 rings (SSSR count). The number of rotatable bonds is 4. The summed E-state index contributed by atoms with van der Waals surface area (Å²) >= 11 is 0. The summed E-state index contributed by atoms with van der Waals surface area (Å²) in [4.78, 5) is 34.3. The lowest BCUT2D eigenvalue weighted by Crippen LogP contribution is -2.40. The van der Waals surface area contributed by atoms with Crippen LogP contribution in [0.5, 0.6) is 0 Å². The third-order valence-corrected chi connectivity index (χ3v) is 3.19. The molecular weight excluding hydrogens is 288 g/mol. The smallest absolute Gasteiger partial charge is 0.299 e.